The zero-order valence-corrected chi connectivity index (χ0v) is 24.8. The molecule has 1 atom stereocenters. The van der Waals surface area contributed by atoms with E-state index in [1.807, 2.05) is 23.1 Å². The van der Waals surface area contributed by atoms with Crippen LogP contribution in [-0.4, -0.2) is 93.6 Å². The molecule has 0 bridgehead atoms. The first-order valence-electron chi connectivity index (χ1n) is 14.7. The molecule has 2 saturated heterocycles. The molecule has 2 aliphatic heterocycles. The molecule has 3 aromatic heterocycles. The number of hydrogen-bond donors (Lipinski definition) is 2. The normalized spacial score (nSPS) is 17.3. The average Bonchev–Trinajstić information content (AvgIpc) is 3.79. The molecule has 1 unspecified atom stereocenters. The molecular weight excluding hydrogens is 579 g/mol. The van der Waals surface area contributed by atoms with E-state index in [0.717, 1.165) is 58.8 Å². The lowest BCUT2D eigenvalue weighted by Crippen LogP contribution is -2.51. The van der Waals surface area contributed by atoms with Crippen LogP contribution in [-0.2, 0) is 4.79 Å². The van der Waals surface area contributed by atoms with E-state index in [1.54, 1.807) is 30.6 Å². The summed E-state index contributed by atoms with van der Waals surface area (Å²) in [6.07, 6.45) is 4.27. The minimum atomic E-state index is -0.303. The van der Waals surface area contributed by atoms with Gasteiger partial charge in [0.05, 0.1) is 17.1 Å². The number of carbonyl (C=O) groups excluding carboxylic acids is 2. The van der Waals surface area contributed by atoms with Gasteiger partial charge in [-0.3, -0.25) is 19.6 Å². The van der Waals surface area contributed by atoms with Crippen LogP contribution in [0.3, 0.4) is 0 Å². The second kappa shape index (κ2) is 12.1. The Hall–Kier alpha value is -4.68. The highest BCUT2D eigenvalue weighted by Crippen LogP contribution is 2.32. The zero-order valence-electron chi connectivity index (χ0n) is 23.9. The van der Waals surface area contributed by atoms with Crippen molar-refractivity contribution in [2.75, 3.05) is 50.7 Å². The van der Waals surface area contributed by atoms with Gasteiger partial charge in [-0.05, 0) is 67.1 Å². The fourth-order valence-corrected chi connectivity index (χ4v) is 6.78. The number of anilines is 1. The SMILES string of the molecule is O=C(NC1CCN(CC(=O)N2CCN(c3ccc(-c4ncccn4)cc3)CC2)C1)c1cc2c(-c3ccc(F)cc3)[nH]nc2s1. The highest BCUT2D eigenvalue weighted by atomic mass is 32.1. The molecular formula is C32H31FN8O2S. The van der Waals surface area contributed by atoms with Crippen LogP contribution in [0.2, 0.25) is 0 Å². The topological polar surface area (TPSA) is 110 Å². The average molecular weight is 611 g/mol. The molecule has 2 aliphatic rings. The summed E-state index contributed by atoms with van der Waals surface area (Å²) in [5.74, 6) is 0.386. The van der Waals surface area contributed by atoms with E-state index in [-0.39, 0.29) is 23.7 Å². The number of aromatic amines is 1. The summed E-state index contributed by atoms with van der Waals surface area (Å²) in [4.78, 5) is 42.5. The Balaban J connectivity index is 0.886. The van der Waals surface area contributed by atoms with E-state index >= 15 is 0 Å². The summed E-state index contributed by atoms with van der Waals surface area (Å²) in [6.45, 7) is 4.66. The van der Waals surface area contributed by atoms with Crippen LogP contribution in [0.25, 0.3) is 32.9 Å². The van der Waals surface area contributed by atoms with Gasteiger partial charge in [0.1, 0.15) is 10.6 Å². The molecule has 7 rings (SSSR count). The molecule has 0 saturated carbocycles. The van der Waals surface area contributed by atoms with Crippen molar-refractivity contribution in [1.82, 2.24) is 35.3 Å². The molecule has 2 fully saturated rings. The number of carbonyl (C=O) groups is 2. The first kappa shape index (κ1) is 28.1. The van der Waals surface area contributed by atoms with Crippen LogP contribution in [0.5, 0.6) is 0 Å². The summed E-state index contributed by atoms with van der Waals surface area (Å²) >= 11 is 1.32. The second-order valence-electron chi connectivity index (χ2n) is 11.1. The lowest BCUT2D eigenvalue weighted by atomic mass is 10.1. The molecule has 44 heavy (non-hydrogen) atoms. The summed E-state index contributed by atoms with van der Waals surface area (Å²) < 4.78 is 13.4. The van der Waals surface area contributed by atoms with Crippen LogP contribution in [0.15, 0.2) is 73.1 Å². The van der Waals surface area contributed by atoms with Gasteiger partial charge in [0, 0.05) is 79.9 Å². The first-order valence-corrected chi connectivity index (χ1v) is 15.5. The monoisotopic (exact) mass is 610 g/mol. The van der Waals surface area contributed by atoms with Crippen LogP contribution in [0.1, 0.15) is 16.1 Å². The van der Waals surface area contributed by atoms with Gasteiger partial charge < -0.3 is 15.1 Å². The predicted molar refractivity (Wildman–Crippen MR) is 168 cm³/mol. The first-order chi connectivity index (χ1) is 21.5. The smallest absolute Gasteiger partial charge is 0.261 e. The maximum Gasteiger partial charge on any atom is 0.261 e. The Bertz CT molecular complexity index is 1770. The fourth-order valence-electron chi connectivity index (χ4n) is 5.88. The number of H-pyrrole nitrogens is 1. The maximum atomic E-state index is 13.4. The van der Waals surface area contributed by atoms with Gasteiger partial charge in [-0.2, -0.15) is 5.10 Å². The Morgan fingerprint density at radius 3 is 2.43 bits per heavy atom. The van der Waals surface area contributed by atoms with Crippen molar-refractivity contribution in [2.24, 2.45) is 0 Å². The third-order valence-corrected chi connectivity index (χ3v) is 9.29. The molecule has 0 spiro atoms. The van der Waals surface area contributed by atoms with Crippen molar-refractivity contribution >= 4 is 39.1 Å². The summed E-state index contributed by atoms with van der Waals surface area (Å²) in [5.41, 5.74) is 3.67. The number of piperazine rings is 1. The number of likely N-dealkylation sites (tertiary alicyclic amines) is 1. The number of thiophene rings is 1. The Morgan fingerprint density at radius 2 is 1.68 bits per heavy atom. The van der Waals surface area contributed by atoms with E-state index in [4.69, 9.17) is 0 Å². The summed E-state index contributed by atoms with van der Waals surface area (Å²) in [7, 11) is 0. The van der Waals surface area contributed by atoms with Gasteiger partial charge in [-0.1, -0.05) is 0 Å². The number of nitrogens with zero attached hydrogens (tertiary/aromatic N) is 6. The Kier molecular flexibility index (Phi) is 7.75. The Morgan fingerprint density at radius 1 is 0.955 bits per heavy atom. The zero-order chi connectivity index (χ0) is 30.0. The van der Waals surface area contributed by atoms with Gasteiger partial charge in [0.25, 0.3) is 5.91 Å². The molecule has 0 aliphatic carbocycles. The number of nitrogens with one attached hydrogen (secondary N) is 2. The lowest BCUT2D eigenvalue weighted by molar-refractivity contribution is -0.132. The molecule has 224 valence electrons. The van der Waals surface area contributed by atoms with Gasteiger partial charge in [-0.15, -0.1) is 11.3 Å². The number of rotatable bonds is 7. The third-order valence-electron chi connectivity index (χ3n) is 8.26. The number of amides is 2. The quantitative estimate of drug-likeness (QED) is 0.286. The highest BCUT2D eigenvalue weighted by molar-refractivity contribution is 7.20. The number of halogens is 1. The van der Waals surface area contributed by atoms with Crippen LogP contribution in [0, 0.1) is 5.82 Å². The van der Waals surface area contributed by atoms with Crippen molar-refractivity contribution in [3.63, 3.8) is 0 Å². The van der Waals surface area contributed by atoms with Crippen molar-refractivity contribution in [3.8, 4) is 22.6 Å². The number of aromatic nitrogens is 4. The maximum absolute atomic E-state index is 13.4. The molecule has 10 nitrogen and oxygen atoms in total. The fraction of sp³-hybridized carbons (Fsp3) is 0.281. The van der Waals surface area contributed by atoms with Crippen LogP contribution < -0.4 is 10.2 Å². The van der Waals surface area contributed by atoms with Crippen molar-refractivity contribution < 1.29 is 14.0 Å². The lowest BCUT2D eigenvalue weighted by Gasteiger charge is -2.36. The van der Waals surface area contributed by atoms with E-state index in [0.29, 0.717) is 36.9 Å². The van der Waals surface area contributed by atoms with Crippen LogP contribution >= 0.6 is 11.3 Å². The highest BCUT2D eigenvalue weighted by Gasteiger charge is 2.29. The van der Waals surface area contributed by atoms with E-state index in [2.05, 4.69) is 47.4 Å². The molecule has 0 radical (unpaired) electrons. The van der Waals surface area contributed by atoms with Crippen molar-refractivity contribution in [1.29, 1.82) is 0 Å². The molecule has 5 aromatic rings. The third kappa shape index (κ3) is 5.90. The van der Waals surface area contributed by atoms with E-state index in [9.17, 15) is 14.0 Å². The van der Waals surface area contributed by atoms with Crippen molar-refractivity contribution in [3.05, 3.63) is 83.8 Å². The number of benzene rings is 2. The minimum absolute atomic E-state index is 0.0241. The minimum Gasteiger partial charge on any atom is -0.368 e. The standard InChI is InChI=1S/C32H31FN8O2S/c33-23-6-2-21(3-7-23)29-26-18-27(44-32(26)38-37-29)31(43)36-24-10-13-39(19-24)20-28(42)41-16-14-40(15-17-41)25-8-4-22(5-9-25)30-34-11-1-12-35-30/h1-9,11-12,18,24H,10,13-17,19-20H2,(H,36,43)(H,37,38). The number of hydrogen-bond acceptors (Lipinski definition) is 8. The largest absolute Gasteiger partial charge is 0.368 e. The molecule has 12 heteroatoms. The van der Waals surface area contributed by atoms with Gasteiger partial charge in [0.15, 0.2) is 5.82 Å². The van der Waals surface area contributed by atoms with Gasteiger partial charge in [-0.25, -0.2) is 14.4 Å². The Labute approximate surface area is 257 Å². The van der Waals surface area contributed by atoms with E-state index < -0.39 is 0 Å². The summed E-state index contributed by atoms with van der Waals surface area (Å²) in [5, 5.41) is 11.3. The number of fused-ring (bicyclic) bond motifs is 1. The predicted octanol–water partition coefficient (Wildman–Crippen LogP) is 4.04. The molecule has 2 amide bonds. The van der Waals surface area contributed by atoms with Crippen LogP contribution in [0.4, 0.5) is 10.1 Å². The van der Waals surface area contributed by atoms with Crippen molar-refractivity contribution in [2.45, 2.75) is 12.5 Å². The molecule has 2 N–H and O–H groups in total. The summed E-state index contributed by atoms with van der Waals surface area (Å²) in [6, 6.07) is 18.0. The van der Waals surface area contributed by atoms with E-state index in [1.165, 1.54) is 23.5 Å². The van der Waals surface area contributed by atoms with Gasteiger partial charge >= 0.3 is 0 Å². The molecule has 2 aromatic carbocycles. The molecule has 5 heterocycles. The second-order valence-corrected chi connectivity index (χ2v) is 12.1. The van der Waals surface area contributed by atoms with Gasteiger partial charge in [0.2, 0.25) is 5.91 Å².